The van der Waals surface area contributed by atoms with E-state index in [-0.39, 0.29) is 30.3 Å². The maximum atomic E-state index is 13.3. The van der Waals surface area contributed by atoms with Crippen LogP contribution in [0.15, 0.2) is 18.2 Å². The van der Waals surface area contributed by atoms with Crippen LogP contribution >= 0.6 is 11.6 Å². The summed E-state index contributed by atoms with van der Waals surface area (Å²) < 4.78 is 23.5. The molecule has 1 saturated heterocycles. The van der Waals surface area contributed by atoms with Crippen molar-refractivity contribution in [1.29, 1.82) is 0 Å². The van der Waals surface area contributed by atoms with Gasteiger partial charge in [0.05, 0.1) is 36.5 Å². The van der Waals surface area contributed by atoms with E-state index in [2.05, 4.69) is 13.8 Å². The van der Waals surface area contributed by atoms with Crippen molar-refractivity contribution in [3.8, 4) is 11.5 Å². The highest BCUT2D eigenvalue weighted by Crippen LogP contribution is 2.40. The molecule has 1 aromatic rings. The van der Waals surface area contributed by atoms with E-state index in [1.54, 1.807) is 12.1 Å². The number of aliphatic hydroxyl groups is 1. The monoisotopic (exact) mass is 480 g/mol. The van der Waals surface area contributed by atoms with Gasteiger partial charge in [0.25, 0.3) is 0 Å². The number of epoxide rings is 1. The fourth-order valence-corrected chi connectivity index (χ4v) is 4.28. The second-order valence-electron chi connectivity index (χ2n) is 8.89. The molecule has 33 heavy (non-hydrogen) atoms. The van der Waals surface area contributed by atoms with E-state index in [4.69, 9.17) is 30.5 Å². The Kier molecular flexibility index (Phi) is 9.90. The van der Waals surface area contributed by atoms with Crippen molar-refractivity contribution in [2.75, 3.05) is 13.2 Å². The Labute approximate surface area is 202 Å². The largest absolute Gasteiger partial charge is 0.493 e. The smallest absolute Gasteiger partial charge is 0.342 e. The van der Waals surface area contributed by atoms with E-state index in [0.29, 0.717) is 41.7 Å². The van der Waals surface area contributed by atoms with Crippen LogP contribution in [-0.4, -0.2) is 48.7 Å². The normalized spacial score (nSPS) is 26.4. The Morgan fingerprint density at radius 3 is 2.52 bits per heavy atom. The summed E-state index contributed by atoms with van der Waals surface area (Å²) in [6.45, 7) is 7.01. The number of unbranched alkanes of at least 4 members (excludes halogenated alkanes) is 2. The van der Waals surface area contributed by atoms with E-state index < -0.39 is 12.1 Å². The number of ether oxygens (including phenoxy) is 4. The molecule has 0 radical (unpaired) electrons. The number of rotatable bonds is 8. The van der Waals surface area contributed by atoms with E-state index in [1.165, 1.54) is 0 Å². The molecular formula is C26H37ClO6. The van der Waals surface area contributed by atoms with Crippen LogP contribution in [0.25, 0.3) is 0 Å². The molecule has 0 bridgehead atoms. The van der Waals surface area contributed by atoms with Crippen LogP contribution < -0.4 is 9.47 Å². The number of hydrogen-bond acceptors (Lipinski definition) is 6. The van der Waals surface area contributed by atoms with Gasteiger partial charge in [-0.1, -0.05) is 50.4 Å². The topological polar surface area (TPSA) is 77.5 Å². The van der Waals surface area contributed by atoms with E-state index >= 15 is 0 Å². The number of esters is 1. The van der Waals surface area contributed by atoms with Gasteiger partial charge in [-0.3, -0.25) is 0 Å². The highest BCUT2D eigenvalue weighted by molar-refractivity contribution is 6.33. The molecule has 7 heteroatoms. The van der Waals surface area contributed by atoms with Gasteiger partial charge in [0.15, 0.2) is 0 Å². The first-order valence-electron chi connectivity index (χ1n) is 12.3. The molecule has 1 N–H and O–H groups in total. The molecule has 0 amide bonds. The molecule has 2 aliphatic heterocycles. The van der Waals surface area contributed by atoms with Crippen molar-refractivity contribution in [2.45, 2.75) is 96.6 Å². The number of aliphatic hydroxyl groups excluding tert-OH is 1. The third-order valence-corrected chi connectivity index (χ3v) is 6.37. The van der Waals surface area contributed by atoms with Gasteiger partial charge in [0.2, 0.25) is 0 Å². The van der Waals surface area contributed by atoms with Crippen LogP contribution in [0.4, 0.5) is 0 Å². The standard InChI is InChI=1S/C26H37ClO6/c1-4-6-12-30-22-16-23(31-13-7-5-2)25(27)19-15-18(28)10-8-9-11-20-21(33-20)14-17(3)32-26(29)24(19)22/h8,10,16-18,20-21,28H,4-7,9,11-15H2,1-3H3/b10-8+/t17-,18+,20+,21-/m1/s1. The van der Waals surface area contributed by atoms with Gasteiger partial charge >= 0.3 is 5.97 Å². The zero-order valence-electron chi connectivity index (χ0n) is 20.0. The highest BCUT2D eigenvalue weighted by atomic mass is 35.5. The minimum absolute atomic E-state index is 0.103. The molecule has 0 aliphatic carbocycles. The van der Waals surface area contributed by atoms with E-state index in [1.807, 2.05) is 13.0 Å². The Morgan fingerprint density at radius 1 is 1.12 bits per heavy atom. The third-order valence-electron chi connectivity index (χ3n) is 5.96. The van der Waals surface area contributed by atoms with Gasteiger partial charge < -0.3 is 24.1 Å². The van der Waals surface area contributed by atoms with Crippen molar-refractivity contribution in [1.82, 2.24) is 0 Å². The summed E-state index contributed by atoms with van der Waals surface area (Å²) in [5, 5.41) is 11.0. The maximum Gasteiger partial charge on any atom is 0.342 e. The molecular weight excluding hydrogens is 444 g/mol. The van der Waals surface area contributed by atoms with Crippen LogP contribution in [-0.2, 0) is 15.9 Å². The zero-order valence-corrected chi connectivity index (χ0v) is 20.7. The van der Waals surface area contributed by atoms with E-state index in [0.717, 1.165) is 38.5 Å². The molecule has 1 aromatic carbocycles. The lowest BCUT2D eigenvalue weighted by molar-refractivity contribution is 0.0303. The second-order valence-corrected chi connectivity index (χ2v) is 9.26. The van der Waals surface area contributed by atoms with Crippen LogP contribution in [0.1, 0.15) is 81.6 Å². The summed E-state index contributed by atoms with van der Waals surface area (Å²) >= 11 is 6.74. The number of hydrogen-bond donors (Lipinski definition) is 1. The number of allylic oxidation sites excluding steroid dienone is 1. The number of carbonyl (C=O) groups is 1. The average molecular weight is 481 g/mol. The molecule has 0 unspecified atom stereocenters. The predicted molar refractivity (Wildman–Crippen MR) is 128 cm³/mol. The molecule has 3 rings (SSSR count). The minimum atomic E-state index is -0.806. The lowest BCUT2D eigenvalue weighted by Gasteiger charge is -2.22. The molecule has 2 aliphatic rings. The fraction of sp³-hybridized carbons (Fsp3) is 0.654. The Hall–Kier alpha value is -1.76. The summed E-state index contributed by atoms with van der Waals surface area (Å²) in [4.78, 5) is 13.3. The molecule has 6 nitrogen and oxygen atoms in total. The SMILES string of the molecule is CCCCOc1cc(OCCCC)c2c(c1Cl)C[C@@H](O)/C=C/CC[C@@H]1O[C@@H]1C[C@@H](C)OC2=O. The van der Waals surface area contributed by atoms with Crippen LogP contribution in [0.3, 0.4) is 0 Å². The Morgan fingerprint density at radius 2 is 1.82 bits per heavy atom. The summed E-state index contributed by atoms with van der Waals surface area (Å²) in [5.41, 5.74) is 0.757. The summed E-state index contributed by atoms with van der Waals surface area (Å²) in [6.07, 6.45) is 9.08. The maximum absolute atomic E-state index is 13.3. The van der Waals surface area contributed by atoms with Gasteiger partial charge in [-0.15, -0.1) is 0 Å². The fourth-order valence-electron chi connectivity index (χ4n) is 4.00. The van der Waals surface area contributed by atoms with Gasteiger partial charge in [-0.25, -0.2) is 4.79 Å². The summed E-state index contributed by atoms with van der Waals surface area (Å²) in [6, 6.07) is 1.68. The van der Waals surface area contributed by atoms with Crippen LogP contribution in [0.5, 0.6) is 11.5 Å². The number of cyclic esters (lactones) is 1. The average Bonchev–Trinajstić information content (AvgIpc) is 3.51. The van der Waals surface area contributed by atoms with Gasteiger partial charge in [0, 0.05) is 18.9 Å². The van der Waals surface area contributed by atoms with Crippen molar-refractivity contribution in [3.63, 3.8) is 0 Å². The molecule has 0 saturated carbocycles. The van der Waals surface area contributed by atoms with Crippen molar-refractivity contribution >= 4 is 17.6 Å². The lowest BCUT2D eigenvalue weighted by atomic mass is 9.98. The third kappa shape index (κ3) is 7.36. The van der Waals surface area contributed by atoms with Crippen molar-refractivity contribution in [2.24, 2.45) is 0 Å². The Balaban J connectivity index is 2.00. The predicted octanol–water partition coefficient (Wildman–Crippen LogP) is 5.65. The first-order valence-corrected chi connectivity index (χ1v) is 12.6. The quantitative estimate of drug-likeness (QED) is 0.224. The van der Waals surface area contributed by atoms with Gasteiger partial charge in [-0.2, -0.15) is 0 Å². The number of carbonyl (C=O) groups excluding carboxylic acids is 1. The molecule has 184 valence electrons. The molecule has 1 fully saturated rings. The number of halogens is 1. The molecule has 2 heterocycles. The molecule has 0 aromatic heterocycles. The first-order chi connectivity index (χ1) is 15.9. The molecule has 4 atom stereocenters. The summed E-state index contributed by atoms with van der Waals surface area (Å²) in [5.74, 6) is 0.342. The van der Waals surface area contributed by atoms with Crippen LogP contribution in [0, 0.1) is 0 Å². The number of fused-ring (bicyclic) bond motifs is 2. The summed E-state index contributed by atoms with van der Waals surface area (Å²) in [7, 11) is 0. The van der Waals surface area contributed by atoms with Crippen molar-refractivity contribution in [3.05, 3.63) is 34.4 Å². The van der Waals surface area contributed by atoms with Crippen LogP contribution in [0.2, 0.25) is 5.02 Å². The van der Waals surface area contributed by atoms with Gasteiger partial charge in [0.1, 0.15) is 23.2 Å². The zero-order chi connectivity index (χ0) is 23.8. The van der Waals surface area contributed by atoms with Gasteiger partial charge in [-0.05, 0) is 38.2 Å². The van der Waals surface area contributed by atoms with Crippen molar-refractivity contribution < 1.29 is 28.8 Å². The second kappa shape index (κ2) is 12.6. The lowest BCUT2D eigenvalue weighted by Crippen LogP contribution is -2.21. The Bertz CT molecular complexity index is 823. The number of benzene rings is 1. The minimum Gasteiger partial charge on any atom is -0.493 e. The highest BCUT2D eigenvalue weighted by Gasteiger charge is 2.39. The molecule has 0 spiro atoms. The first kappa shape index (κ1) is 25.9. The van der Waals surface area contributed by atoms with E-state index in [9.17, 15) is 9.90 Å².